The first-order chi connectivity index (χ1) is 15.8. The van der Waals surface area contributed by atoms with Crippen LogP contribution in [0.2, 0.25) is 0 Å². The Labute approximate surface area is 196 Å². The number of hydrogen-bond acceptors (Lipinski definition) is 5. The molecule has 33 heavy (non-hydrogen) atoms. The van der Waals surface area contributed by atoms with Crippen molar-refractivity contribution in [3.63, 3.8) is 0 Å². The van der Waals surface area contributed by atoms with Gasteiger partial charge in [0.15, 0.2) is 0 Å². The lowest BCUT2D eigenvalue weighted by atomic mass is 9.99. The highest BCUT2D eigenvalue weighted by atomic mass is 16.2. The lowest BCUT2D eigenvalue weighted by Gasteiger charge is -2.37. The molecule has 0 saturated carbocycles. The van der Waals surface area contributed by atoms with E-state index < -0.39 is 0 Å². The van der Waals surface area contributed by atoms with Gasteiger partial charge < -0.3 is 4.90 Å². The highest BCUT2D eigenvalue weighted by molar-refractivity contribution is 5.94. The smallest absolute Gasteiger partial charge is 0.237 e. The van der Waals surface area contributed by atoms with E-state index in [0.717, 1.165) is 54.3 Å². The van der Waals surface area contributed by atoms with Gasteiger partial charge in [0.2, 0.25) is 11.8 Å². The number of likely N-dealkylation sites (tertiary alicyclic amines) is 1. The van der Waals surface area contributed by atoms with Crippen LogP contribution in [0.4, 0.5) is 5.82 Å². The lowest BCUT2D eigenvalue weighted by molar-refractivity contribution is -0.135. The molecule has 3 heterocycles. The minimum absolute atomic E-state index is 0.0112. The molecule has 4 rings (SSSR count). The Morgan fingerprint density at radius 2 is 1.91 bits per heavy atom. The van der Waals surface area contributed by atoms with Crippen LogP contribution >= 0.6 is 0 Å². The maximum absolute atomic E-state index is 13.4. The zero-order valence-electron chi connectivity index (χ0n) is 20.3. The Hall–Kier alpha value is -2.80. The summed E-state index contributed by atoms with van der Waals surface area (Å²) < 4.78 is 0. The van der Waals surface area contributed by atoms with Crippen LogP contribution in [-0.2, 0) is 22.6 Å². The average Bonchev–Trinajstić information content (AvgIpc) is 2.80. The van der Waals surface area contributed by atoms with Gasteiger partial charge in [-0.25, -0.2) is 9.97 Å². The van der Waals surface area contributed by atoms with Crippen LogP contribution < -0.4 is 4.90 Å². The number of carbonyl (C=O) groups is 2. The van der Waals surface area contributed by atoms with Gasteiger partial charge in [-0.1, -0.05) is 36.8 Å². The van der Waals surface area contributed by atoms with Crippen LogP contribution in [0.3, 0.4) is 0 Å². The Kier molecular flexibility index (Phi) is 7.08. The molecule has 7 nitrogen and oxygen atoms in total. The van der Waals surface area contributed by atoms with Gasteiger partial charge in [0.25, 0.3) is 0 Å². The third-order valence-electron chi connectivity index (χ3n) is 6.88. The van der Waals surface area contributed by atoms with Crippen molar-refractivity contribution in [1.29, 1.82) is 0 Å². The average molecular weight is 450 g/mol. The van der Waals surface area contributed by atoms with Gasteiger partial charge in [0.05, 0.1) is 12.6 Å². The van der Waals surface area contributed by atoms with E-state index in [2.05, 4.69) is 30.9 Å². The van der Waals surface area contributed by atoms with Crippen molar-refractivity contribution in [2.45, 2.75) is 71.5 Å². The molecule has 1 unspecified atom stereocenters. The quantitative estimate of drug-likeness (QED) is 0.673. The monoisotopic (exact) mass is 449 g/mol. The van der Waals surface area contributed by atoms with Crippen molar-refractivity contribution >= 4 is 17.6 Å². The second-order valence-electron chi connectivity index (χ2n) is 9.51. The fourth-order valence-corrected chi connectivity index (χ4v) is 4.92. The molecule has 1 atom stereocenters. The molecular weight excluding hydrogens is 414 g/mol. The first-order valence-electron chi connectivity index (χ1n) is 12.1. The van der Waals surface area contributed by atoms with E-state index in [4.69, 9.17) is 9.97 Å². The molecule has 0 radical (unpaired) electrons. The third kappa shape index (κ3) is 5.08. The number of benzene rings is 1. The van der Waals surface area contributed by atoms with Crippen LogP contribution in [0.1, 0.15) is 68.2 Å². The number of aromatic nitrogens is 2. The van der Waals surface area contributed by atoms with Crippen molar-refractivity contribution < 1.29 is 9.59 Å². The summed E-state index contributed by atoms with van der Waals surface area (Å²) in [5.41, 5.74) is 3.14. The van der Waals surface area contributed by atoms with E-state index in [1.165, 1.54) is 0 Å². The van der Waals surface area contributed by atoms with E-state index >= 15 is 0 Å². The number of carbonyl (C=O) groups excluding carboxylic acids is 2. The maximum atomic E-state index is 13.4. The number of anilines is 1. The molecule has 2 aliphatic heterocycles. The molecular formula is C26H35N5O2. The van der Waals surface area contributed by atoms with E-state index in [9.17, 15) is 9.59 Å². The molecule has 1 aromatic heterocycles. The zero-order chi connectivity index (χ0) is 23.5. The number of fused-ring (bicyclic) bond motifs is 1. The Morgan fingerprint density at radius 1 is 1.15 bits per heavy atom. The van der Waals surface area contributed by atoms with Gasteiger partial charge in [-0.15, -0.1) is 0 Å². The van der Waals surface area contributed by atoms with E-state index in [1.54, 1.807) is 11.9 Å². The van der Waals surface area contributed by atoms with Crippen LogP contribution in [0.15, 0.2) is 30.3 Å². The van der Waals surface area contributed by atoms with Gasteiger partial charge in [0.1, 0.15) is 11.6 Å². The van der Waals surface area contributed by atoms with Gasteiger partial charge in [-0.2, -0.15) is 0 Å². The summed E-state index contributed by atoms with van der Waals surface area (Å²) in [5.74, 6) is 1.69. The largest absolute Gasteiger partial charge is 0.335 e. The SMILES string of the molecule is Cc1nc(C2CCCCN2CC(=O)N(Cc2ccccc2)C(C)C)nc2c1CCC(=O)N2C. The summed E-state index contributed by atoms with van der Waals surface area (Å²) in [5, 5.41) is 0. The molecule has 2 aliphatic rings. The summed E-state index contributed by atoms with van der Waals surface area (Å²) in [4.78, 5) is 41.2. The third-order valence-corrected chi connectivity index (χ3v) is 6.88. The normalized spacial score (nSPS) is 19.0. The zero-order valence-corrected chi connectivity index (χ0v) is 20.3. The Balaban J connectivity index is 1.56. The summed E-state index contributed by atoms with van der Waals surface area (Å²) in [6.07, 6.45) is 4.27. The fraction of sp³-hybridized carbons (Fsp3) is 0.538. The summed E-state index contributed by atoms with van der Waals surface area (Å²) in [6.45, 7) is 7.95. The highest BCUT2D eigenvalue weighted by Crippen LogP contribution is 2.33. The minimum atomic E-state index is -0.0112. The summed E-state index contributed by atoms with van der Waals surface area (Å²) >= 11 is 0. The molecule has 1 saturated heterocycles. The molecule has 0 bridgehead atoms. The number of piperidine rings is 1. The predicted molar refractivity (Wildman–Crippen MR) is 129 cm³/mol. The van der Waals surface area contributed by atoms with Crippen molar-refractivity contribution in [2.75, 3.05) is 25.0 Å². The number of hydrogen-bond donors (Lipinski definition) is 0. The van der Waals surface area contributed by atoms with Crippen LogP contribution in [-0.4, -0.2) is 57.8 Å². The molecule has 0 aliphatic carbocycles. The lowest BCUT2D eigenvalue weighted by Crippen LogP contribution is -2.46. The Morgan fingerprint density at radius 3 is 2.64 bits per heavy atom. The van der Waals surface area contributed by atoms with Gasteiger partial charge in [-0.3, -0.25) is 19.4 Å². The Bertz CT molecular complexity index is 1010. The van der Waals surface area contributed by atoms with Crippen LogP contribution in [0.25, 0.3) is 0 Å². The van der Waals surface area contributed by atoms with Crippen molar-refractivity contribution in [3.05, 3.63) is 53.0 Å². The molecule has 176 valence electrons. The second-order valence-corrected chi connectivity index (χ2v) is 9.51. The van der Waals surface area contributed by atoms with Gasteiger partial charge in [0, 0.05) is 37.3 Å². The van der Waals surface area contributed by atoms with E-state index in [0.29, 0.717) is 25.9 Å². The van der Waals surface area contributed by atoms with Crippen molar-refractivity contribution in [3.8, 4) is 0 Å². The first kappa shape index (κ1) is 23.4. The number of aryl methyl sites for hydroxylation is 1. The second kappa shape index (κ2) is 10.00. The van der Waals surface area contributed by atoms with Gasteiger partial charge in [-0.05, 0) is 52.1 Å². The molecule has 7 heteroatoms. The van der Waals surface area contributed by atoms with Crippen molar-refractivity contribution in [2.24, 2.45) is 0 Å². The minimum Gasteiger partial charge on any atom is -0.335 e. The first-order valence-corrected chi connectivity index (χ1v) is 12.1. The number of nitrogens with zero attached hydrogens (tertiary/aromatic N) is 5. The number of rotatable bonds is 6. The summed E-state index contributed by atoms with van der Waals surface area (Å²) in [7, 11) is 1.79. The van der Waals surface area contributed by atoms with Crippen LogP contribution in [0, 0.1) is 6.92 Å². The summed E-state index contributed by atoms with van der Waals surface area (Å²) in [6, 6.07) is 10.2. The van der Waals surface area contributed by atoms with Crippen molar-refractivity contribution in [1.82, 2.24) is 19.8 Å². The highest BCUT2D eigenvalue weighted by Gasteiger charge is 2.32. The molecule has 1 fully saturated rings. The molecule has 2 amide bonds. The maximum Gasteiger partial charge on any atom is 0.237 e. The molecule has 0 N–H and O–H groups in total. The topological polar surface area (TPSA) is 69.6 Å². The van der Waals surface area contributed by atoms with E-state index in [-0.39, 0.29) is 23.9 Å². The molecule has 1 aromatic carbocycles. The molecule has 0 spiro atoms. The fourth-order valence-electron chi connectivity index (χ4n) is 4.92. The van der Waals surface area contributed by atoms with Gasteiger partial charge >= 0.3 is 0 Å². The van der Waals surface area contributed by atoms with E-state index in [1.807, 2.05) is 30.0 Å². The number of amides is 2. The van der Waals surface area contributed by atoms with Crippen LogP contribution in [0.5, 0.6) is 0 Å². The standard InChI is InChI=1S/C26H35N5O2/c1-18(2)31(16-20-10-6-5-7-11-20)24(33)17-30-15-9-8-12-22(30)25-27-19(3)21-13-14-23(32)29(4)26(21)28-25/h5-7,10-11,18,22H,8-9,12-17H2,1-4H3. The predicted octanol–water partition coefficient (Wildman–Crippen LogP) is 3.66. The molecule has 2 aromatic rings.